The summed E-state index contributed by atoms with van der Waals surface area (Å²) in [6.45, 7) is 10.4. The molecule has 1 aromatic heterocycles. The average Bonchev–Trinajstić information content (AvgIpc) is 3.44. The number of guanidine groups is 1. The number of rotatable bonds is 9. The topological polar surface area (TPSA) is 65.7 Å². The molecule has 7 heteroatoms. The first-order valence-corrected chi connectivity index (χ1v) is 10.7. The van der Waals surface area contributed by atoms with Crippen molar-refractivity contribution in [1.29, 1.82) is 0 Å². The molecule has 0 atom stereocenters. The minimum atomic E-state index is 0. The highest BCUT2D eigenvalue weighted by atomic mass is 127. The third kappa shape index (κ3) is 6.75. The Kier molecular flexibility index (Phi) is 10.2. The van der Waals surface area contributed by atoms with Gasteiger partial charge >= 0.3 is 0 Å². The minimum absolute atomic E-state index is 0. The van der Waals surface area contributed by atoms with E-state index in [9.17, 15) is 0 Å². The summed E-state index contributed by atoms with van der Waals surface area (Å²) in [4.78, 5) is 7.08. The summed E-state index contributed by atoms with van der Waals surface area (Å²) >= 11 is 0. The van der Waals surface area contributed by atoms with Gasteiger partial charge in [0.2, 0.25) is 0 Å². The van der Waals surface area contributed by atoms with Crippen LogP contribution in [0.2, 0.25) is 0 Å². The van der Waals surface area contributed by atoms with Crippen LogP contribution >= 0.6 is 24.0 Å². The third-order valence-corrected chi connectivity index (χ3v) is 5.27. The molecule has 2 aromatic rings. The Morgan fingerprint density at radius 1 is 1.13 bits per heavy atom. The maximum Gasteiger partial charge on any atom is 0.191 e. The molecule has 2 heterocycles. The molecule has 0 amide bonds. The van der Waals surface area contributed by atoms with E-state index in [1.807, 2.05) is 0 Å². The van der Waals surface area contributed by atoms with Gasteiger partial charge in [-0.2, -0.15) is 0 Å². The van der Waals surface area contributed by atoms with Crippen LogP contribution in [0, 0.1) is 0 Å². The van der Waals surface area contributed by atoms with E-state index in [0.29, 0.717) is 19.0 Å². The number of nitrogens with zero attached hydrogens (tertiary/aromatic N) is 3. The molecule has 0 saturated heterocycles. The molecule has 0 fully saturated rings. The van der Waals surface area contributed by atoms with E-state index in [1.165, 1.54) is 11.3 Å². The third-order valence-electron chi connectivity index (χ3n) is 5.27. The molecular weight excluding hydrogens is 489 g/mol. The predicted octanol–water partition coefficient (Wildman–Crippen LogP) is 4.83. The van der Waals surface area contributed by atoms with Crippen molar-refractivity contribution < 1.29 is 4.52 Å². The Hall–Kier alpha value is -2.03. The lowest BCUT2D eigenvalue weighted by molar-refractivity contribution is 0.368. The lowest BCUT2D eigenvalue weighted by Crippen LogP contribution is -2.36. The molecule has 1 aliphatic heterocycles. The van der Waals surface area contributed by atoms with Gasteiger partial charge in [-0.25, -0.2) is 4.99 Å². The largest absolute Gasteiger partial charge is 0.364 e. The second kappa shape index (κ2) is 12.6. The predicted molar refractivity (Wildman–Crippen MR) is 135 cm³/mol. The standard InChI is InChI=1S/C23H33N5O.HI/c1-4-19(5-2)22-15-21(29-27-22)17-26-23(24-6-3)25-16-18-10-9-11-20(14-18)28-12-7-8-13-28;/h7-11,14-15,19H,4-6,12-13,16-17H2,1-3H3,(H2,24,25,26);1H. The maximum absolute atomic E-state index is 5.51. The van der Waals surface area contributed by atoms with Crippen LogP contribution < -0.4 is 15.5 Å². The maximum atomic E-state index is 5.51. The zero-order valence-electron chi connectivity index (χ0n) is 18.2. The van der Waals surface area contributed by atoms with Crippen LogP contribution in [0.15, 0.2) is 52.0 Å². The van der Waals surface area contributed by atoms with E-state index in [4.69, 9.17) is 9.52 Å². The Labute approximate surface area is 197 Å². The van der Waals surface area contributed by atoms with E-state index < -0.39 is 0 Å². The lowest BCUT2D eigenvalue weighted by Gasteiger charge is -2.18. The van der Waals surface area contributed by atoms with E-state index >= 15 is 0 Å². The van der Waals surface area contributed by atoms with Crippen molar-refractivity contribution in [2.75, 3.05) is 24.5 Å². The van der Waals surface area contributed by atoms with E-state index in [1.54, 1.807) is 0 Å². The summed E-state index contributed by atoms with van der Waals surface area (Å²) in [5.74, 6) is 2.08. The molecule has 0 aliphatic carbocycles. The summed E-state index contributed by atoms with van der Waals surface area (Å²) < 4.78 is 5.51. The molecule has 2 N–H and O–H groups in total. The molecule has 0 spiro atoms. The molecule has 0 unspecified atom stereocenters. The van der Waals surface area contributed by atoms with Crippen molar-refractivity contribution in [2.45, 2.75) is 52.6 Å². The van der Waals surface area contributed by atoms with Crippen LogP contribution in [0.25, 0.3) is 0 Å². The summed E-state index contributed by atoms with van der Waals surface area (Å²) in [6.07, 6.45) is 6.56. The zero-order chi connectivity index (χ0) is 20.5. The Morgan fingerprint density at radius 3 is 2.60 bits per heavy atom. The van der Waals surface area contributed by atoms with E-state index in [-0.39, 0.29) is 24.0 Å². The van der Waals surface area contributed by atoms with Gasteiger partial charge in [0.15, 0.2) is 11.7 Å². The van der Waals surface area contributed by atoms with Crippen molar-refractivity contribution in [2.24, 2.45) is 4.99 Å². The van der Waals surface area contributed by atoms with Crippen LogP contribution in [0.1, 0.15) is 56.5 Å². The van der Waals surface area contributed by atoms with Crippen LogP contribution in [-0.4, -0.2) is 30.8 Å². The van der Waals surface area contributed by atoms with Gasteiger partial charge in [-0.1, -0.05) is 43.3 Å². The quantitative estimate of drug-likeness (QED) is 0.214. The fourth-order valence-electron chi connectivity index (χ4n) is 3.53. The number of nitrogens with one attached hydrogen (secondary N) is 2. The molecule has 164 valence electrons. The monoisotopic (exact) mass is 523 g/mol. The molecule has 1 aromatic carbocycles. The summed E-state index contributed by atoms with van der Waals surface area (Å²) in [6, 6.07) is 10.7. The van der Waals surface area contributed by atoms with Crippen LogP contribution in [0.5, 0.6) is 0 Å². The number of halogens is 1. The number of hydrogen-bond acceptors (Lipinski definition) is 4. The second-order valence-electron chi connectivity index (χ2n) is 7.33. The SMILES string of the molecule is CCNC(=NCc1cccc(N2CC=CC2)c1)NCc1cc(C(CC)CC)no1.I. The number of aromatic nitrogens is 1. The molecule has 0 saturated carbocycles. The number of hydrogen-bond donors (Lipinski definition) is 2. The Bertz CT molecular complexity index is 821. The summed E-state index contributed by atoms with van der Waals surface area (Å²) in [5, 5.41) is 10.9. The number of aliphatic imine (C=N–C) groups is 1. The van der Waals surface area contributed by atoms with Crippen molar-refractivity contribution in [3.63, 3.8) is 0 Å². The van der Waals surface area contributed by atoms with Crippen LogP contribution in [-0.2, 0) is 13.1 Å². The fourth-order valence-corrected chi connectivity index (χ4v) is 3.53. The highest BCUT2D eigenvalue weighted by molar-refractivity contribution is 14.0. The first kappa shape index (κ1) is 24.2. The van der Waals surface area contributed by atoms with Crippen molar-refractivity contribution >= 4 is 35.6 Å². The Morgan fingerprint density at radius 2 is 1.90 bits per heavy atom. The van der Waals surface area contributed by atoms with Crippen LogP contribution in [0.3, 0.4) is 0 Å². The number of anilines is 1. The van der Waals surface area contributed by atoms with E-state index in [0.717, 1.165) is 49.9 Å². The van der Waals surface area contributed by atoms with Crippen molar-refractivity contribution in [3.05, 3.63) is 59.5 Å². The van der Waals surface area contributed by atoms with Crippen molar-refractivity contribution in [1.82, 2.24) is 15.8 Å². The molecule has 3 rings (SSSR count). The smallest absolute Gasteiger partial charge is 0.191 e. The molecule has 0 radical (unpaired) electrons. The molecular formula is C23H34IN5O. The van der Waals surface area contributed by atoms with Gasteiger partial charge in [-0.05, 0) is 37.5 Å². The van der Waals surface area contributed by atoms with Crippen LogP contribution in [0.4, 0.5) is 5.69 Å². The second-order valence-corrected chi connectivity index (χ2v) is 7.33. The molecule has 1 aliphatic rings. The molecule has 0 bridgehead atoms. The van der Waals surface area contributed by atoms with E-state index in [2.05, 4.69) is 83.9 Å². The molecule has 6 nitrogen and oxygen atoms in total. The normalized spacial score (nSPS) is 13.6. The van der Waals surface area contributed by atoms with Gasteiger partial charge in [-0.3, -0.25) is 0 Å². The summed E-state index contributed by atoms with van der Waals surface area (Å²) in [5.41, 5.74) is 3.49. The van der Waals surface area contributed by atoms with Gasteiger partial charge < -0.3 is 20.1 Å². The molecule has 30 heavy (non-hydrogen) atoms. The van der Waals surface area contributed by atoms with Crippen molar-refractivity contribution in [3.8, 4) is 0 Å². The van der Waals surface area contributed by atoms with Gasteiger partial charge in [0.1, 0.15) is 0 Å². The van der Waals surface area contributed by atoms with Gasteiger partial charge in [-0.15, -0.1) is 24.0 Å². The highest BCUT2D eigenvalue weighted by Gasteiger charge is 2.13. The Balaban J connectivity index is 0.00000320. The average molecular weight is 523 g/mol. The lowest BCUT2D eigenvalue weighted by atomic mass is 9.99. The first-order chi connectivity index (χ1) is 14.2. The number of benzene rings is 1. The first-order valence-electron chi connectivity index (χ1n) is 10.7. The fraction of sp³-hybridized carbons (Fsp3) is 0.478. The van der Waals surface area contributed by atoms with Gasteiger partial charge in [0.25, 0.3) is 0 Å². The summed E-state index contributed by atoms with van der Waals surface area (Å²) in [7, 11) is 0. The van der Waals surface area contributed by atoms with Gasteiger partial charge in [0, 0.05) is 37.3 Å². The van der Waals surface area contributed by atoms with Gasteiger partial charge in [0.05, 0.1) is 18.8 Å². The minimum Gasteiger partial charge on any atom is -0.364 e. The zero-order valence-corrected chi connectivity index (χ0v) is 20.6. The highest BCUT2D eigenvalue weighted by Crippen LogP contribution is 2.22.